The zero-order valence-electron chi connectivity index (χ0n) is 18.5. The maximum Gasteiger partial charge on any atom is 0.242 e. The van der Waals surface area contributed by atoms with Gasteiger partial charge in [0.05, 0.1) is 15.8 Å². The Kier molecular flexibility index (Phi) is 11.2. The second kappa shape index (κ2) is 13.3. The summed E-state index contributed by atoms with van der Waals surface area (Å²) in [5.41, 5.74) is 1.87. The van der Waals surface area contributed by atoms with Crippen LogP contribution in [0.3, 0.4) is 0 Å². The van der Waals surface area contributed by atoms with Gasteiger partial charge in [0.1, 0.15) is 6.04 Å². The van der Waals surface area contributed by atoms with Gasteiger partial charge in [0.15, 0.2) is 0 Å². The molecule has 2 amide bonds. The number of thioether (sulfide) groups is 1. The number of nitrogens with one attached hydrogen (secondary N) is 1. The summed E-state index contributed by atoms with van der Waals surface area (Å²) in [5, 5.41) is 4.50. The van der Waals surface area contributed by atoms with E-state index in [-0.39, 0.29) is 24.1 Å². The summed E-state index contributed by atoms with van der Waals surface area (Å²) in [7, 11) is 0. The maximum absolute atomic E-state index is 13.2. The van der Waals surface area contributed by atoms with Crippen LogP contribution in [-0.2, 0) is 21.9 Å². The molecule has 0 spiro atoms. The molecule has 32 heavy (non-hydrogen) atoms. The van der Waals surface area contributed by atoms with E-state index in [1.165, 1.54) is 11.8 Å². The molecule has 0 aliphatic heterocycles. The predicted molar refractivity (Wildman–Crippen MR) is 137 cm³/mol. The van der Waals surface area contributed by atoms with E-state index in [0.29, 0.717) is 39.7 Å². The first-order chi connectivity index (χ1) is 15.2. The summed E-state index contributed by atoms with van der Waals surface area (Å²) in [5.74, 6) is 0.985. The van der Waals surface area contributed by atoms with Gasteiger partial charge in [0, 0.05) is 23.9 Å². The standard InChI is InChI=1S/C24H29Cl3N2O2S/c1-4-22(24(31)28-12-16(2)3)29(13-17-8-9-20(26)21(27)11-17)23(30)15-32-14-18-6-5-7-19(25)10-18/h5-11,16,22H,4,12-15H2,1-3H3,(H,28,31)/t22-/m0/s1. The van der Waals surface area contributed by atoms with Crippen molar-refractivity contribution in [3.8, 4) is 0 Å². The van der Waals surface area contributed by atoms with Crippen molar-refractivity contribution in [2.45, 2.75) is 45.5 Å². The molecular formula is C24H29Cl3N2O2S. The van der Waals surface area contributed by atoms with Crippen molar-refractivity contribution >= 4 is 58.4 Å². The minimum atomic E-state index is -0.567. The average Bonchev–Trinajstić information content (AvgIpc) is 2.74. The molecule has 0 saturated carbocycles. The molecular weight excluding hydrogens is 487 g/mol. The molecule has 2 aromatic rings. The maximum atomic E-state index is 13.2. The summed E-state index contributed by atoms with van der Waals surface area (Å²) in [6, 6.07) is 12.3. The van der Waals surface area contributed by atoms with Gasteiger partial charge in [-0.2, -0.15) is 0 Å². The Morgan fingerprint density at radius 2 is 1.78 bits per heavy atom. The Balaban J connectivity index is 2.15. The van der Waals surface area contributed by atoms with Crippen molar-refractivity contribution in [2.75, 3.05) is 12.3 Å². The van der Waals surface area contributed by atoms with Gasteiger partial charge in [-0.3, -0.25) is 9.59 Å². The van der Waals surface area contributed by atoms with Gasteiger partial charge < -0.3 is 10.2 Å². The first kappa shape index (κ1) is 26.8. The van der Waals surface area contributed by atoms with E-state index in [1.54, 1.807) is 17.0 Å². The van der Waals surface area contributed by atoms with Crippen molar-refractivity contribution in [2.24, 2.45) is 5.92 Å². The van der Waals surface area contributed by atoms with Crippen LogP contribution in [0.1, 0.15) is 38.3 Å². The fraction of sp³-hybridized carbons (Fsp3) is 0.417. The molecule has 0 radical (unpaired) electrons. The number of carbonyl (C=O) groups excluding carboxylic acids is 2. The number of nitrogens with zero attached hydrogens (tertiary/aromatic N) is 1. The molecule has 2 aromatic carbocycles. The Bertz CT molecular complexity index is 924. The van der Waals surface area contributed by atoms with Crippen LogP contribution in [0.25, 0.3) is 0 Å². The van der Waals surface area contributed by atoms with E-state index < -0.39 is 6.04 Å². The third-order valence-electron chi connectivity index (χ3n) is 4.79. The topological polar surface area (TPSA) is 49.4 Å². The van der Waals surface area contributed by atoms with Crippen LogP contribution < -0.4 is 5.32 Å². The summed E-state index contributed by atoms with van der Waals surface area (Å²) < 4.78 is 0. The van der Waals surface area contributed by atoms with E-state index in [4.69, 9.17) is 34.8 Å². The van der Waals surface area contributed by atoms with Crippen molar-refractivity contribution < 1.29 is 9.59 Å². The zero-order valence-corrected chi connectivity index (χ0v) is 21.6. The molecule has 0 aliphatic carbocycles. The number of rotatable bonds is 11. The second-order valence-corrected chi connectivity index (χ2v) is 10.2. The lowest BCUT2D eigenvalue weighted by atomic mass is 10.1. The number of hydrogen-bond acceptors (Lipinski definition) is 3. The summed E-state index contributed by atoms with van der Waals surface area (Å²) >= 11 is 19.8. The van der Waals surface area contributed by atoms with Gasteiger partial charge >= 0.3 is 0 Å². The SMILES string of the molecule is CC[C@@H](C(=O)NCC(C)C)N(Cc1ccc(Cl)c(Cl)c1)C(=O)CSCc1cccc(Cl)c1. The first-order valence-corrected chi connectivity index (χ1v) is 12.8. The Morgan fingerprint density at radius 1 is 1.03 bits per heavy atom. The van der Waals surface area contributed by atoms with Gasteiger partial charge in [-0.1, -0.05) is 73.8 Å². The van der Waals surface area contributed by atoms with E-state index in [9.17, 15) is 9.59 Å². The molecule has 1 atom stereocenters. The van der Waals surface area contributed by atoms with Crippen molar-refractivity contribution in [1.29, 1.82) is 0 Å². The monoisotopic (exact) mass is 514 g/mol. The van der Waals surface area contributed by atoms with Crippen LogP contribution in [0.5, 0.6) is 0 Å². The quantitative estimate of drug-likeness (QED) is 0.373. The third kappa shape index (κ3) is 8.51. The van der Waals surface area contributed by atoms with Crippen LogP contribution in [-0.4, -0.2) is 35.1 Å². The minimum absolute atomic E-state index is 0.102. The highest BCUT2D eigenvalue weighted by Gasteiger charge is 2.28. The van der Waals surface area contributed by atoms with Gasteiger partial charge in [-0.05, 0) is 47.7 Å². The molecule has 0 aliphatic rings. The fourth-order valence-corrected chi connectivity index (χ4v) is 4.53. The van der Waals surface area contributed by atoms with E-state index >= 15 is 0 Å². The highest BCUT2D eigenvalue weighted by Crippen LogP contribution is 2.25. The number of amides is 2. The number of hydrogen-bond donors (Lipinski definition) is 1. The Labute approximate surface area is 210 Å². The third-order valence-corrected chi connectivity index (χ3v) is 6.75. The molecule has 2 rings (SSSR count). The average molecular weight is 516 g/mol. The molecule has 0 unspecified atom stereocenters. The minimum Gasteiger partial charge on any atom is -0.354 e. The van der Waals surface area contributed by atoms with Crippen LogP contribution in [0.2, 0.25) is 15.1 Å². The summed E-state index contributed by atoms with van der Waals surface area (Å²) in [4.78, 5) is 27.8. The lowest BCUT2D eigenvalue weighted by Crippen LogP contribution is -2.50. The normalized spacial score (nSPS) is 12.0. The molecule has 4 nitrogen and oxygen atoms in total. The number of carbonyl (C=O) groups is 2. The van der Waals surface area contributed by atoms with E-state index in [1.807, 2.05) is 51.1 Å². The molecule has 1 N–H and O–H groups in total. The van der Waals surface area contributed by atoms with Crippen molar-refractivity contribution in [3.63, 3.8) is 0 Å². The van der Waals surface area contributed by atoms with Gasteiger partial charge in [-0.15, -0.1) is 11.8 Å². The molecule has 0 aromatic heterocycles. The molecule has 174 valence electrons. The highest BCUT2D eigenvalue weighted by atomic mass is 35.5. The molecule has 0 saturated heterocycles. The van der Waals surface area contributed by atoms with Gasteiger partial charge in [0.25, 0.3) is 0 Å². The highest BCUT2D eigenvalue weighted by molar-refractivity contribution is 7.99. The van der Waals surface area contributed by atoms with Crippen LogP contribution in [0.4, 0.5) is 0 Å². The largest absolute Gasteiger partial charge is 0.354 e. The Morgan fingerprint density at radius 3 is 2.41 bits per heavy atom. The molecule has 0 fully saturated rings. The first-order valence-electron chi connectivity index (χ1n) is 10.5. The number of halogens is 3. The summed E-state index contributed by atoms with van der Waals surface area (Å²) in [6.07, 6.45) is 0.510. The fourth-order valence-electron chi connectivity index (χ4n) is 3.14. The second-order valence-electron chi connectivity index (χ2n) is 7.96. The summed E-state index contributed by atoms with van der Waals surface area (Å²) in [6.45, 7) is 6.82. The van der Waals surface area contributed by atoms with E-state index in [2.05, 4.69) is 5.32 Å². The predicted octanol–water partition coefficient (Wildman–Crippen LogP) is 6.46. The zero-order chi connectivity index (χ0) is 23.7. The van der Waals surface area contributed by atoms with Crippen molar-refractivity contribution in [1.82, 2.24) is 10.2 Å². The molecule has 0 heterocycles. The lowest BCUT2D eigenvalue weighted by molar-refractivity contribution is -0.139. The Hall–Kier alpha value is -1.40. The van der Waals surface area contributed by atoms with Gasteiger partial charge in [0.2, 0.25) is 11.8 Å². The smallest absolute Gasteiger partial charge is 0.242 e. The number of benzene rings is 2. The van der Waals surface area contributed by atoms with Crippen LogP contribution >= 0.6 is 46.6 Å². The lowest BCUT2D eigenvalue weighted by Gasteiger charge is -2.31. The van der Waals surface area contributed by atoms with Crippen LogP contribution in [0, 0.1) is 5.92 Å². The van der Waals surface area contributed by atoms with Gasteiger partial charge in [-0.25, -0.2) is 0 Å². The molecule has 8 heteroatoms. The molecule has 0 bridgehead atoms. The van der Waals surface area contributed by atoms with E-state index in [0.717, 1.165) is 11.1 Å². The van der Waals surface area contributed by atoms with Crippen molar-refractivity contribution in [3.05, 3.63) is 68.7 Å². The van der Waals surface area contributed by atoms with Crippen LogP contribution in [0.15, 0.2) is 42.5 Å².